The van der Waals surface area contributed by atoms with E-state index in [1.54, 1.807) is 0 Å². The fraction of sp³-hybridized carbons (Fsp3) is 0.902. The van der Waals surface area contributed by atoms with Crippen LogP contribution < -0.4 is 0 Å². The van der Waals surface area contributed by atoms with Crippen LogP contribution in [0.2, 0.25) is 0 Å². The Kier molecular flexibility index (Phi) is 40.6. The summed E-state index contributed by atoms with van der Waals surface area (Å²) in [5.74, 6) is -0.317. The van der Waals surface area contributed by atoms with Crippen LogP contribution in [0.4, 0.5) is 0 Å². The first-order chi connectivity index (χ1) is 29.4. The number of unbranched alkanes of at least 4 members (excludes halogenated alkanes) is 29. The third kappa shape index (κ3) is 33.3. The number of aliphatic hydroxyl groups excluding tert-OH is 4. The molecule has 1 fully saturated rings. The Labute approximate surface area is 368 Å². The van der Waals surface area contributed by atoms with Crippen molar-refractivity contribution in [2.24, 2.45) is 0 Å². The number of carbonyl (C=O) groups is 1. The maximum absolute atomic E-state index is 12.8. The van der Waals surface area contributed by atoms with Crippen molar-refractivity contribution < 1.29 is 44.2 Å². The van der Waals surface area contributed by atoms with Crippen LogP contribution in [-0.2, 0) is 23.7 Å². The molecule has 9 nitrogen and oxygen atoms in total. The van der Waals surface area contributed by atoms with E-state index in [2.05, 4.69) is 38.2 Å². The van der Waals surface area contributed by atoms with Crippen molar-refractivity contribution in [1.82, 2.24) is 0 Å². The molecule has 0 aromatic rings. The Hall–Kier alpha value is -1.33. The second kappa shape index (κ2) is 42.9. The van der Waals surface area contributed by atoms with Crippen LogP contribution in [-0.4, -0.2) is 89.6 Å². The van der Waals surface area contributed by atoms with Gasteiger partial charge in [0.1, 0.15) is 30.5 Å². The van der Waals surface area contributed by atoms with E-state index >= 15 is 0 Å². The summed E-state index contributed by atoms with van der Waals surface area (Å²) in [7, 11) is 0. The number of aliphatic hydroxyl groups is 4. The lowest BCUT2D eigenvalue weighted by Crippen LogP contribution is -2.59. The van der Waals surface area contributed by atoms with E-state index in [1.807, 2.05) is 0 Å². The molecule has 0 aliphatic carbocycles. The van der Waals surface area contributed by atoms with Crippen molar-refractivity contribution in [3.8, 4) is 0 Å². The Morgan fingerprint density at radius 1 is 0.533 bits per heavy atom. The predicted molar refractivity (Wildman–Crippen MR) is 247 cm³/mol. The summed E-state index contributed by atoms with van der Waals surface area (Å²) in [5.41, 5.74) is 0. The summed E-state index contributed by atoms with van der Waals surface area (Å²) in [6, 6.07) is 0. The molecule has 0 aromatic heterocycles. The van der Waals surface area contributed by atoms with E-state index < -0.39 is 43.4 Å². The van der Waals surface area contributed by atoms with Gasteiger partial charge >= 0.3 is 5.97 Å². The van der Waals surface area contributed by atoms with E-state index in [-0.39, 0.29) is 19.2 Å². The molecule has 0 radical (unpaired) electrons. The van der Waals surface area contributed by atoms with E-state index in [0.717, 1.165) is 44.9 Å². The maximum atomic E-state index is 12.8. The lowest BCUT2D eigenvalue weighted by atomic mass is 9.99. The van der Waals surface area contributed by atoms with E-state index in [1.165, 1.54) is 167 Å². The molecule has 0 spiro atoms. The van der Waals surface area contributed by atoms with Crippen molar-refractivity contribution in [2.75, 3.05) is 26.4 Å². The summed E-state index contributed by atoms with van der Waals surface area (Å²) < 4.78 is 22.9. The van der Waals surface area contributed by atoms with Crippen molar-refractivity contribution in [3.05, 3.63) is 24.3 Å². The first kappa shape index (κ1) is 56.7. The number of esters is 1. The molecule has 60 heavy (non-hydrogen) atoms. The van der Waals surface area contributed by atoms with Crippen LogP contribution in [0.15, 0.2) is 24.3 Å². The van der Waals surface area contributed by atoms with Crippen LogP contribution in [0.5, 0.6) is 0 Å². The van der Waals surface area contributed by atoms with Crippen molar-refractivity contribution in [1.29, 1.82) is 0 Å². The molecule has 0 saturated carbocycles. The lowest BCUT2D eigenvalue weighted by molar-refractivity contribution is -0.305. The average Bonchev–Trinajstić information content (AvgIpc) is 3.25. The van der Waals surface area contributed by atoms with Crippen LogP contribution >= 0.6 is 0 Å². The average molecular weight is 853 g/mol. The number of rotatable bonds is 44. The minimum atomic E-state index is -1.54. The van der Waals surface area contributed by atoms with Gasteiger partial charge in [0.25, 0.3) is 0 Å². The van der Waals surface area contributed by atoms with E-state index in [4.69, 9.17) is 18.9 Å². The summed E-state index contributed by atoms with van der Waals surface area (Å²) in [5, 5.41) is 40.2. The van der Waals surface area contributed by atoms with Crippen molar-refractivity contribution in [2.45, 2.75) is 269 Å². The minimum absolute atomic E-state index is 0.112. The summed E-state index contributed by atoms with van der Waals surface area (Å²) >= 11 is 0. The third-order valence-electron chi connectivity index (χ3n) is 11.9. The highest BCUT2D eigenvalue weighted by Gasteiger charge is 2.44. The number of carbonyl (C=O) groups excluding carboxylic acids is 1. The van der Waals surface area contributed by atoms with Gasteiger partial charge in [0.2, 0.25) is 0 Å². The molecule has 6 unspecified atom stereocenters. The molecule has 1 heterocycles. The Morgan fingerprint density at radius 3 is 1.47 bits per heavy atom. The predicted octanol–water partition coefficient (Wildman–Crippen LogP) is 12.1. The van der Waals surface area contributed by atoms with Crippen LogP contribution in [0.3, 0.4) is 0 Å². The van der Waals surface area contributed by atoms with Gasteiger partial charge < -0.3 is 39.4 Å². The van der Waals surface area contributed by atoms with Crippen LogP contribution in [0.1, 0.15) is 232 Å². The molecule has 0 amide bonds. The number of hydrogen-bond donors (Lipinski definition) is 4. The first-order valence-corrected chi connectivity index (χ1v) is 25.4. The minimum Gasteiger partial charge on any atom is -0.457 e. The van der Waals surface area contributed by atoms with E-state index in [0.29, 0.717) is 13.0 Å². The molecule has 4 N–H and O–H groups in total. The third-order valence-corrected chi connectivity index (χ3v) is 11.9. The van der Waals surface area contributed by atoms with E-state index in [9.17, 15) is 25.2 Å². The lowest BCUT2D eigenvalue weighted by Gasteiger charge is -2.39. The molecule has 1 rings (SSSR count). The van der Waals surface area contributed by atoms with Gasteiger partial charge in [-0.05, 0) is 44.9 Å². The standard InChI is InChI=1S/C51H96O9/c1-3-5-7-9-11-13-15-17-19-21-22-23-25-27-29-31-33-35-37-39-41-57-43-45(44-58-51-50(56)49(55)48(54)46(42-52)60-51)59-47(53)40-38-36-34-32-30-28-26-24-20-18-16-14-12-10-8-6-4-2/h12,14,18,20,45-46,48-52,54-56H,3-11,13,15-17,19,21-44H2,1-2H3/b14-12-,20-18-. The zero-order chi connectivity index (χ0) is 43.6. The zero-order valence-electron chi connectivity index (χ0n) is 39.0. The normalized spacial score (nSPS) is 20.1. The Balaban J connectivity index is 2.20. The van der Waals surface area contributed by atoms with Gasteiger partial charge in [-0.1, -0.05) is 205 Å². The van der Waals surface area contributed by atoms with Gasteiger partial charge in [-0.2, -0.15) is 0 Å². The van der Waals surface area contributed by atoms with Crippen LogP contribution in [0.25, 0.3) is 0 Å². The second-order valence-electron chi connectivity index (χ2n) is 17.6. The molecule has 1 saturated heterocycles. The summed E-state index contributed by atoms with van der Waals surface area (Å²) in [6.07, 6.45) is 43.5. The molecule has 9 heteroatoms. The first-order valence-electron chi connectivity index (χ1n) is 25.4. The van der Waals surface area contributed by atoms with Crippen LogP contribution in [0, 0.1) is 0 Å². The maximum Gasteiger partial charge on any atom is 0.306 e. The van der Waals surface area contributed by atoms with Gasteiger partial charge in [-0.15, -0.1) is 0 Å². The molecule has 0 bridgehead atoms. The quantitative estimate of drug-likeness (QED) is 0.0268. The highest BCUT2D eigenvalue weighted by Crippen LogP contribution is 2.23. The molecular formula is C51H96O9. The topological polar surface area (TPSA) is 135 Å². The Morgan fingerprint density at radius 2 is 0.967 bits per heavy atom. The highest BCUT2D eigenvalue weighted by atomic mass is 16.7. The zero-order valence-corrected chi connectivity index (χ0v) is 39.0. The number of hydrogen-bond acceptors (Lipinski definition) is 9. The second-order valence-corrected chi connectivity index (χ2v) is 17.6. The van der Waals surface area contributed by atoms with Gasteiger partial charge in [0.05, 0.1) is 19.8 Å². The fourth-order valence-corrected chi connectivity index (χ4v) is 7.88. The molecular weight excluding hydrogens is 757 g/mol. The number of ether oxygens (including phenoxy) is 4. The smallest absolute Gasteiger partial charge is 0.306 e. The van der Waals surface area contributed by atoms with Crippen molar-refractivity contribution >= 4 is 5.97 Å². The highest BCUT2D eigenvalue weighted by molar-refractivity contribution is 5.69. The number of allylic oxidation sites excluding steroid dienone is 4. The monoisotopic (exact) mass is 853 g/mol. The molecule has 1 aliphatic rings. The van der Waals surface area contributed by atoms with Gasteiger partial charge in [0, 0.05) is 13.0 Å². The summed E-state index contributed by atoms with van der Waals surface area (Å²) in [4.78, 5) is 12.8. The Bertz CT molecular complexity index is 972. The van der Waals surface area contributed by atoms with Gasteiger partial charge in [-0.25, -0.2) is 0 Å². The largest absolute Gasteiger partial charge is 0.457 e. The molecule has 354 valence electrons. The SMILES string of the molecule is CCCCC/C=C\C/C=C\CCCCCCCCCC(=O)OC(COCCCCCCCCCCCCCCCCCCCCCC)COC1OC(CO)C(O)C(O)C1O. The molecule has 1 aliphatic heterocycles. The molecule has 6 atom stereocenters. The molecule has 0 aromatic carbocycles. The van der Waals surface area contributed by atoms with Gasteiger partial charge in [-0.3, -0.25) is 4.79 Å². The summed E-state index contributed by atoms with van der Waals surface area (Å²) in [6.45, 7) is 4.57. The van der Waals surface area contributed by atoms with Crippen molar-refractivity contribution in [3.63, 3.8) is 0 Å². The fourth-order valence-electron chi connectivity index (χ4n) is 7.88. The van der Waals surface area contributed by atoms with Gasteiger partial charge in [0.15, 0.2) is 6.29 Å².